The molecule has 2 aromatic rings. The fraction of sp³-hybridized carbons (Fsp3) is 0.462. The van der Waals surface area contributed by atoms with Gasteiger partial charge < -0.3 is 25.6 Å². The molecule has 4 atom stereocenters. The van der Waals surface area contributed by atoms with E-state index in [0.717, 1.165) is 17.1 Å². The minimum atomic E-state index is -2.68. The van der Waals surface area contributed by atoms with Gasteiger partial charge in [-0.2, -0.15) is 5.26 Å². The molecule has 5 N–H and O–H groups in total. The van der Waals surface area contributed by atoms with Crippen LogP contribution >= 0.6 is 0 Å². The van der Waals surface area contributed by atoms with Crippen molar-refractivity contribution < 1.29 is 24.1 Å². The molecule has 0 fully saturated rings. The summed E-state index contributed by atoms with van der Waals surface area (Å²) in [5.74, 6) is -0.900. The van der Waals surface area contributed by atoms with Gasteiger partial charge in [0.15, 0.2) is 12.0 Å². The van der Waals surface area contributed by atoms with Crippen LogP contribution in [0.2, 0.25) is 0 Å². The number of nitrogen functional groups attached to an aromatic ring is 1. The molecule has 8 nitrogen and oxygen atoms in total. The van der Waals surface area contributed by atoms with Gasteiger partial charge in [-0.25, -0.2) is 18.7 Å². The van der Waals surface area contributed by atoms with Crippen LogP contribution in [0.3, 0.4) is 0 Å². The van der Waals surface area contributed by atoms with Crippen LogP contribution in [0, 0.1) is 17.1 Å². The Bertz CT molecular complexity index is 762. The molecule has 2 heterocycles. The zero-order valence-electron chi connectivity index (χ0n) is 12.1. The summed E-state index contributed by atoms with van der Waals surface area (Å²) in [6.45, 7) is 0.133. The van der Waals surface area contributed by atoms with Crippen LogP contribution in [0.5, 0.6) is 0 Å². The number of anilines is 1. The van der Waals surface area contributed by atoms with Gasteiger partial charge in [-0.3, -0.25) is 0 Å². The average molecular weight is 327 g/mol. The van der Waals surface area contributed by atoms with E-state index in [4.69, 9.17) is 16.1 Å². The molecule has 0 saturated heterocycles. The average Bonchev–Trinajstić information content (AvgIpc) is 2.90. The van der Waals surface area contributed by atoms with Crippen molar-refractivity contribution >= 4 is 16.9 Å². The fourth-order valence-corrected chi connectivity index (χ4v) is 2.25. The predicted molar refractivity (Wildman–Crippen MR) is 75.2 cm³/mol. The molecular weight excluding hydrogens is 312 g/mol. The highest BCUT2D eigenvalue weighted by Gasteiger charge is 2.43. The van der Waals surface area contributed by atoms with E-state index in [1.54, 1.807) is 0 Å². The van der Waals surface area contributed by atoms with E-state index in [9.17, 15) is 19.0 Å². The molecule has 23 heavy (non-hydrogen) atoms. The summed E-state index contributed by atoms with van der Waals surface area (Å²) in [7, 11) is 0. The van der Waals surface area contributed by atoms with Gasteiger partial charge in [0.2, 0.25) is 5.60 Å². The summed E-state index contributed by atoms with van der Waals surface area (Å²) in [5, 5.41) is 37.2. The number of hydrogen-bond acceptors (Lipinski definition) is 7. The highest BCUT2D eigenvalue weighted by Crippen LogP contribution is 2.30. The summed E-state index contributed by atoms with van der Waals surface area (Å²) in [6.07, 6.45) is -2.40. The minimum Gasteiger partial charge on any atom is -0.392 e. The van der Waals surface area contributed by atoms with E-state index < -0.39 is 36.3 Å². The molecule has 0 spiro atoms. The Hall–Kier alpha value is -2.35. The zero-order valence-corrected chi connectivity index (χ0v) is 12.1. The van der Waals surface area contributed by atoms with Crippen LogP contribution < -0.4 is 5.73 Å². The Morgan fingerprint density at radius 2 is 2.17 bits per heavy atom. The van der Waals surface area contributed by atoms with Gasteiger partial charge in [0, 0.05) is 6.20 Å². The molecule has 0 saturated carbocycles. The van der Waals surface area contributed by atoms with Crippen molar-refractivity contribution in [3.63, 3.8) is 0 Å². The smallest absolute Gasteiger partial charge is 0.203 e. The van der Waals surface area contributed by atoms with Gasteiger partial charge in [0.25, 0.3) is 0 Å². The van der Waals surface area contributed by atoms with Crippen LogP contribution in [0.1, 0.15) is 13.0 Å². The van der Waals surface area contributed by atoms with Crippen LogP contribution in [-0.4, -0.2) is 54.3 Å². The number of rotatable bonds is 5. The highest BCUT2D eigenvalue weighted by molar-refractivity contribution is 5.86. The third-order valence-electron chi connectivity index (χ3n) is 3.72. The molecule has 0 aliphatic heterocycles. The van der Waals surface area contributed by atoms with Crippen molar-refractivity contribution in [3.05, 3.63) is 18.3 Å². The number of aliphatic hydroxyl groups is 3. The maximum Gasteiger partial charge on any atom is 0.203 e. The predicted octanol–water partition coefficient (Wildman–Crippen LogP) is -0.340. The molecule has 10 heteroatoms. The molecule has 0 aliphatic carbocycles. The van der Waals surface area contributed by atoms with E-state index >= 15 is 0 Å². The normalized spacial score (nSPS) is 18.1. The monoisotopic (exact) mass is 327 g/mol. The molecule has 0 aromatic carbocycles. The summed E-state index contributed by atoms with van der Waals surface area (Å²) in [4.78, 5) is 7.48. The number of nitrogens with two attached hydrogens (primary N) is 1. The molecule has 124 valence electrons. The first-order chi connectivity index (χ1) is 10.8. The minimum absolute atomic E-state index is 0.00171. The quantitative estimate of drug-likeness (QED) is 0.550. The van der Waals surface area contributed by atoms with Crippen molar-refractivity contribution in [2.75, 3.05) is 12.3 Å². The maximum atomic E-state index is 14.5. The maximum absolute atomic E-state index is 14.5. The van der Waals surface area contributed by atoms with Crippen molar-refractivity contribution in [3.8, 4) is 6.07 Å². The first-order valence-electron chi connectivity index (χ1n) is 6.60. The second-order valence-corrected chi connectivity index (χ2v) is 5.17. The summed E-state index contributed by atoms with van der Waals surface area (Å²) in [6, 6.07) is 0.0428. The van der Waals surface area contributed by atoms with Gasteiger partial charge in [0.1, 0.15) is 30.0 Å². The highest BCUT2D eigenvalue weighted by atomic mass is 19.1. The number of aliphatic hydroxyl groups excluding tert-OH is 2. The molecule has 0 aliphatic rings. The number of hydrogen-bond donors (Lipinski definition) is 4. The first-order valence-corrected chi connectivity index (χ1v) is 6.60. The van der Waals surface area contributed by atoms with Crippen molar-refractivity contribution in [1.29, 1.82) is 5.26 Å². The van der Waals surface area contributed by atoms with E-state index in [1.165, 1.54) is 13.0 Å². The van der Waals surface area contributed by atoms with Crippen molar-refractivity contribution in [2.24, 2.45) is 0 Å². The molecule has 0 bridgehead atoms. The SMILES string of the molecule is CC(C(F)C(O)C(O)(C#N)CO)n1cc(F)c2c(N)ncnc21. The van der Waals surface area contributed by atoms with Gasteiger partial charge in [-0.1, -0.05) is 0 Å². The summed E-state index contributed by atoms with van der Waals surface area (Å²) in [5.41, 5.74) is 2.88. The van der Waals surface area contributed by atoms with Gasteiger partial charge >= 0.3 is 0 Å². The largest absolute Gasteiger partial charge is 0.392 e. The number of nitriles is 1. The number of nitrogens with zero attached hydrogens (tertiary/aromatic N) is 4. The van der Waals surface area contributed by atoms with Gasteiger partial charge in [-0.05, 0) is 6.92 Å². The molecule has 2 rings (SSSR count). The second kappa shape index (κ2) is 6.04. The Kier molecular flexibility index (Phi) is 4.46. The fourth-order valence-electron chi connectivity index (χ4n) is 2.25. The number of halogens is 2. The second-order valence-electron chi connectivity index (χ2n) is 5.17. The van der Waals surface area contributed by atoms with Crippen LogP contribution in [-0.2, 0) is 0 Å². The van der Waals surface area contributed by atoms with E-state index in [2.05, 4.69) is 9.97 Å². The topological polar surface area (TPSA) is 141 Å². The Balaban J connectivity index is 2.43. The molecule has 0 radical (unpaired) electrons. The Morgan fingerprint density at radius 1 is 1.52 bits per heavy atom. The van der Waals surface area contributed by atoms with Crippen molar-refractivity contribution in [2.45, 2.75) is 30.8 Å². The number of fused-ring (bicyclic) bond motifs is 1. The Labute approximate surface area is 129 Å². The van der Waals surface area contributed by atoms with E-state index in [0.29, 0.717) is 0 Å². The molecule has 2 aromatic heterocycles. The molecule has 0 amide bonds. The molecule has 4 unspecified atom stereocenters. The van der Waals surface area contributed by atoms with Gasteiger partial charge in [-0.15, -0.1) is 0 Å². The Morgan fingerprint density at radius 3 is 2.74 bits per heavy atom. The summed E-state index contributed by atoms with van der Waals surface area (Å²) < 4.78 is 29.5. The molecular formula is C13H15F2N5O3. The summed E-state index contributed by atoms with van der Waals surface area (Å²) >= 11 is 0. The number of aromatic nitrogens is 3. The lowest BCUT2D eigenvalue weighted by Gasteiger charge is -2.30. The number of alkyl halides is 1. The van der Waals surface area contributed by atoms with Crippen LogP contribution in [0.15, 0.2) is 12.5 Å². The van der Waals surface area contributed by atoms with Crippen LogP contribution in [0.25, 0.3) is 11.0 Å². The van der Waals surface area contributed by atoms with Crippen LogP contribution in [0.4, 0.5) is 14.6 Å². The zero-order chi connectivity index (χ0) is 17.4. The lowest BCUT2D eigenvalue weighted by Crippen LogP contribution is -2.51. The first kappa shape index (κ1) is 17.0. The van der Waals surface area contributed by atoms with E-state index in [-0.39, 0.29) is 16.9 Å². The third-order valence-corrected chi connectivity index (χ3v) is 3.72. The lowest BCUT2D eigenvalue weighted by atomic mass is 9.92. The van der Waals surface area contributed by atoms with E-state index in [1.807, 2.05) is 0 Å². The standard InChI is InChI=1S/C13H15F2N5O3/c1-6(9(15)10(22)13(23,3-16)4-21)20-2-7(14)8-11(17)18-5-19-12(8)20/h2,5-6,9-10,21-23H,4H2,1H3,(H2,17,18,19). The lowest BCUT2D eigenvalue weighted by molar-refractivity contribution is -0.104. The third kappa shape index (κ3) is 2.70. The van der Waals surface area contributed by atoms with Gasteiger partial charge in [0.05, 0.1) is 18.0 Å². The van der Waals surface area contributed by atoms with Crippen molar-refractivity contribution in [1.82, 2.24) is 14.5 Å².